The second-order valence-corrected chi connectivity index (χ2v) is 6.21. The minimum atomic E-state index is 1.23. The van der Waals surface area contributed by atoms with Crippen molar-refractivity contribution in [2.24, 2.45) is 0 Å². The van der Waals surface area contributed by atoms with E-state index in [4.69, 9.17) is 0 Å². The molecule has 0 aliphatic carbocycles. The summed E-state index contributed by atoms with van der Waals surface area (Å²) >= 11 is 0. The van der Waals surface area contributed by atoms with Gasteiger partial charge in [-0.15, -0.1) is 0 Å². The maximum absolute atomic E-state index is 3.14. The van der Waals surface area contributed by atoms with Gasteiger partial charge in [0.1, 0.15) is 0 Å². The Bertz CT molecular complexity index is 1200. The summed E-state index contributed by atoms with van der Waals surface area (Å²) in [6.45, 7) is 0. The molecule has 1 radical (unpaired) electrons. The Morgan fingerprint density at radius 3 is 2.17 bits per heavy atom. The second kappa shape index (κ2) is 5.21. The van der Waals surface area contributed by atoms with E-state index in [1.165, 1.54) is 43.4 Å². The lowest BCUT2D eigenvalue weighted by atomic mass is 9.96. The molecule has 0 heterocycles. The predicted octanol–water partition coefficient (Wildman–Crippen LogP) is 6.61. The Kier molecular flexibility index (Phi) is 2.89. The van der Waals surface area contributed by atoms with Crippen molar-refractivity contribution in [1.82, 2.24) is 0 Å². The maximum atomic E-state index is 3.14. The van der Waals surface area contributed by atoms with Crippen LogP contribution < -0.4 is 0 Å². The molecule has 0 saturated heterocycles. The van der Waals surface area contributed by atoms with Crippen molar-refractivity contribution in [3.05, 3.63) is 97.1 Å². The quantitative estimate of drug-likeness (QED) is 0.305. The molecule has 5 rings (SSSR count). The summed E-state index contributed by atoms with van der Waals surface area (Å²) in [5.74, 6) is 0. The van der Waals surface area contributed by atoms with Crippen LogP contribution in [0.1, 0.15) is 0 Å². The Balaban J connectivity index is 1.72. The van der Waals surface area contributed by atoms with Gasteiger partial charge in [0.15, 0.2) is 0 Å². The highest BCUT2D eigenvalue weighted by atomic mass is 14.1. The van der Waals surface area contributed by atoms with E-state index in [1.54, 1.807) is 0 Å². The molecular formula is C24H15. The van der Waals surface area contributed by atoms with Gasteiger partial charge in [-0.05, 0) is 67.7 Å². The molecule has 0 fully saturated rings. The van der Waals surface area contributed by atoms with Crippen LogP contribution in [0.4, 0.5) is 0 Å². The van der Waals surface area contributed by atoms with Crippen LogP contribution in [0.2, 0.25) is 0 Å². The fraction of sp³-hybridized carbons (Fsp3) is 0. The van der Waals surface area contributed by atoms with E-state index in [-0.39, 0.29) is 0 Å². The molecule has 5 aromatic carbocycles. The average molecular weight is 303 g/mol. The molecule has 0 heteroatoms. The van der Waals surface area contributed by atoms with Crippen LogP contribution in [-0.4, -0.2) is 0 Å². The van der Waals surface area contributed by atoms with Gasteiger partial charge >= 0.3 is 0 Å². The van der Waals surface area contributed by atoms with Crippen LogP contribution in [0.25, 0.3) is 43.4 Å². The van der Waals surface area contributed by atoms with Crippen molar-refractivity contribution in [1.29, 1.82) is 0 Å². The third-order valence-electron chi connectivity index (χ3n) is 4.76. The van der Waals surface area contributed by atoms with Gasteiger partial charge in [0.05, 0.1) is 0 Å². The maximum Gasteiger partial charge on any atom is -0.0105 e. The molecule has 0 atom stereocenters. The van der Waals surface area contributed by atoms with Gasteiger partial charge in [0.25, 0.3) is 0 Å². The Morgan fingerprint density at radius 2 is 1.21 bits per heavy atom. The molecule has 24 heavy (non-hydrogen) atoms. The molecule has 0 nitrogen and oxygen atoms in total. The van der Waals surface area contributed by atoms with Gasteiger partial charge in [-0.2, -0.15) is 0 Å². The normalized spacial score (nSPS) is 11.3. The number of fused-ring (bicyclic) bond motifs is 4. The highest BCUT2D eigenvalue weighted by molar-refractivity contribution is 6.08. The molecule has 0 aliphatic heterocycles. The Hall–Kier alpha value is -3.12. The van der Waals surface area contributed by atoms with Crippen LogP contribution in [0, 0.1) is 6.07 Å². The number of hydrogen-bond donors (Lipinski definition) is 0. The van der Waals surface area contributed by atoms with Crippen LogP contribution >= 0.6 is 0 Å². The molecule has 0 saturated carbocycles. The van der Waals surface area contributed by atoms with E-state index >= 15 is 0 Å². The lowest BCUT2D eigenvalue weighted by Crippen LogP contribution is -1.82. The fourth-order valence-corrected chi connectivity index (χ4v) is 3.50. The molecule has 111 valence electrons. The molecule has 0 aliphatic rings. The molecule has 0 unspecified atom stereocenters. The summed E-state index contributed by atoms with van der Waals surface area (Å²) in [6, 6.07) is 35.6. The van der Waals surface area contributed by atoms with Crippen molar-refractivity contribution in [2.45, 2.75) is 0 Å². The third-order valence-corrected chi connectivity index (χ3v) is 4.76. The zero-order chi connectivity index (χ0) is 15.9. The minimum Gasteiger partial charge on any atom is -0.0616 e. The van der Waals surface area contributed by atoms with Gasteiger partial charge in [0, 0.05) is 0 Å². The number of rotatable bonds is 1. The highest BCUT2D eigenvalue weighted by Crippen LogP contribution is 2.30. The lowest BCUT2D eigenvalue weighted by Gasteiger charge is -2.08. The first-order chi connectivity index (χ1) is 11.9. The predicted molar refractivity (Wildman–Crippen MR) is 103 cm³/mol. The van der Waals surface area contributed by atoms with Crippen LogP contribution in [0.15, 0.2) is 91.0 Å². The fourth-order valence-electron chi connectivity index (χ4n) is 3.50. The van der Waals surface area contributed by atoms with Crippen LogP contribution in [0.3, 0.4) is 0 Å². The van der Waals surface area contributed by atoms with E-state index in [0.717, 1.165) is 0 Å². The monoisotopic (exact) mass is 303 g/mol. The SMILES string of the molecule is [c]1ccc2cc(-c3ccc4c(ccc5ccccc54)c3)ccc2c1. The smallest absolute Gasteiger partial charge is 0.0105 e. The van der Waals surface area contributed by atoms with Crippen molar-refractivity contribution >= 4 is 32.3 Å². The molecule has 0 spiro atoms. The van der Waals surface area contributed by atoms with Gasteiger partial charge in [0.2, 0.25) is 0 Å². The standard InChI is InChI=1S/C24H15/c1-2-7-19-15-20(11-9-17(19)5-1)21-13-14-24-22(16-21)12-10-18-6-3-4-8-23(18)24/h2-16H. The van der Waals surface area contributed by atoms with Crippen molar-refractivity contribution in [3.63, 3.8) is 0 Å². The Labute approximate surface area is 141 Å². The van der Waals surface area contributed by atoms with E-state index < -0.39 is 0 Å². The topological polar surface area (TPSA) is 0 Å². The lowest BCUT2D eigenvalue weighted by molar-refractivity contribution is 1.68. The zero-order valence-corrected chi connectivity index (χ0v) is 13.2. The van der Waals surface area contributed by atoms with Crippen LogP contribution in [0.5, 0.6) is 0 Å². The molecule has 0 N–H and O–H groups in total. The third kappa shape index (κ3) is 2.08. The first kappa shape index (κ1) is 13.3. The van der Waals surface area contributed by atoms with Crippen molar-refractivity contribution in [3.8, 4) is 11.1 Å². The largest absolute Gasteiger partial charge is 0.0616 e. The van der Waals surface area contributed by atoms with Gasteiger partial charge < -0.3 is 0 Å². The van der Waals surface area contributed by atoms with Crippen LogP contribution in [-0.2, 0) is 0 Å². The summed E-state index contributed by atoms with van der Waals surface area (Å²) in [4.78, 5) is 0. The summed E-state index contributed by atoms with van der Waals surface area (Å²) in [6.07, 6.45) is 0. The van der Waals surface area contributed by atoms with Crippen molar-refractivity contribution < 1.29 is 0 Å². The van der Waals surface area contributed by atoms with Gasteiger partial charge in [-0.25, -0.2) is 0 Å². The number of benzene rings is 5. The molecule has 0 bridgehead atoms. The van der Waals surface area contributed by atoms with Gasteiger partial charge in [-0.1, -0.05) is 72.8 Å². The molecular weight excluding hydrogens is 288 g/mol. The van der Waals surface area contributed by atoms with E-state index in [9.17, 15) is 0 Å². The summed E-state index contributed by atoms with van der Waals surface area (Å²) < 4.78 is 0. The summed E-state index contributed by atoms with van der Waals surface area (Å²) in [5.41, 5.74) is 2.51. The molecule has 0 amide bonds. The van der Waals surface area contributed by atoms with Gasteiger partial charge in [-0.3, -0.25) is 0 Å². The minimum absolute atomic E-state index is 1.23. The highest BCUT2D eigenvalue weighted by Gasteiger charge is 2.04. The van der Waals surface area contributed by atoms with E-state index in [0.29, 0.717) is 0 Å². The van der Waals surface area contributed by atoms with Crippen molar-refractivity contribution in [2.75, 3.05) is 0 Å². The van der Waals surface area contributed by atoms with E-state index in [2.05, 4.69) is 84.9 Å². The second-order valence-electron chi connectivity index (χ2n) is 6.21. The molecule has 5 aromatic rings. The summed E-state index contributed by atoms with van der Waals surface area (Å²) in [7, 11) is 0. The van der Waals surface area contributed by atoms with E-state index in [1.807, 2.05) is 12.1 Å². The average Bonchev–Trinajstić information content (AvgIpc) is 2.67. The zero-order valence-electron chi connectivity index (χ0n) is 13.2. The number of hydrogen-bond acceptors (Lipinski definition) is 0. The first-order valence-corrected chi connectivity index (χ1v) is 8.20. The summed E-state index contributed by atoms with van der Waals surface area (Å²) in [5, 5.41) is 7.69. The molecule has 0 aromatic heterocycles. The first-order valence-electron chi connectivity index (χ1n) is 8.20. The Morgan fingerprint density at radius 1 is 0.500 bits per heavy atom.